The Morgan fingerprint density at radius 1 is 1.00 bits per heavy atom. The third kappa shape index (κ3) is 3.00. The van der Waals surface area contributed by atoms with Gasteiger partial charge in [0.25, 0.3) is 0 Å². The number of thiazole rings is 1. The molecule has 3 nitrogen and oxygen atoms in total. The Labute approximate surface area is 129 Å². The van der Waals surface area contributed by atoms with Gasteiger partial charge in [0.2, 0.25) is 0 Å². The van der Waals surface area contributed by atoms with Gasteiger partial charge < -0.3 is 10.2 Å². The molecule has 108 valence electrons. The molecule has 0 fully saturated rings. The van der Waals surface area contributed by atoms with Gasteiger partial charge in [-0.15, -0.1) is 0 Å². The summed E-state index contributed by atoms with van der Waals surface area (Å²) in [5.74, 6) is 0. The van der Waals surface area contributed by atoms with E-state index in [4.69, 9.17) is 0 Å². The van der Waals surface area contributed by atoms with Crippen LogP contribution in [0.25, 0.3) is 10.2 Å². The van der Waals surface area contributed by atoms with E-state index < -0.39 is 0 Å². The smallest absolute Gasteiger partial charge is 0.188 e. The van der Waals surface area contributed by atoms with Gasteiger partial charge in [-0.2, -0.15) is 0 Å². The summed E-state index contributed by atoms with van der Waals surface area (Å²) >= 11 is 1.68. The van der Waals surface area contributed by atoms with E-state index in [2.05, 4.69) is 59.4 Å². The van der Waals surface area contributed by atoms with Crippen molar-refractivity contribution in [2.75, 3.05) is 23.3 Å². The van der Waals surface area contributed by atoms with Crippen LogP contribution in [0.3, 0.4) is 0 Å². The summed E-state index contributed by atoms with van der Waals surface area (Å²) < 4.78 is 1.21. The van der Waals surface area contributed by atoms with Crippen LogP contribution in [0.1, 0.15) is 13.8 Å². The van der Waals surface area contributed by atoms with Crippen LogP contribution < -0.4 is 10.2 Å². The molecular formula is C17H19N3S. The van der Waals surface area contributed by atoms with Gasteiger partial charge in [0.15, 0.2) is 5.13 Å². The van der Waals surface area contributed by atoms with Crippen LogP contribution in [0.4, 0.5) is 16.5 Å². The van der Waals surface area contributed by atoms with Crippen molar-refractivity contribution in [1.82, 2.24) is 4.98 Å². The first-order valence-electron chi connectivity index (χ1n) is 7.27. The number of fused-ring (bicyclic) bond motifs is 1. The number of hydrogen-bond donors (Lipinski definition) is 1. The monoisotopic (exact) mass is 297 g/mol. The van der Waals surface area contributed by atoms with Crippen LogP contribution >= 0.6 is 11.3 Å². The van der Waals surface area contributed by atoms with Crippen molar-refractivity contribution >= 4 is 38.1 Å². The Hall–Kier alpha value is -2.07. The predicted molar refractivity (Wildman–Crippen MR) is 92.9 cm³/mol. The SMILES string of the molecule is CCN(CC)c1ccc(Nc2nc3ccccc3s2)cc1. The standard InChI is InChI=1S/C17H19N3S/c1-3-20(4-2)14-11-9-13(10-12-14)18-17-19-15-7-5-6-8-16(15)21-17/h5-12H,3-4H2,1-2H3,(H,18,19). The van der Waals surface area contributed by atoms with Crippen molar-refractivity contribution in [3.63, 3.8) is 0 Å². The minimum atomic E-state index is 0.937. The van der Waals surface area contributed by atoms with E-state index in [1.54, 1.807) is 11.3 Å². The Balaban J connectivity index is 1.78. The van der Waals surface area contributed by atoms with Crippen molar-refractivity contribution < 1.29 is 0 Å². The highest BCUT2D eigenvalue weighted by Crippen LogP contribution is 2.28. The molecule has 0 saturated heterocycles. The Kier molecular flexibility index (Phi) is 4.06. The van der Waals surface area contributed by atoms with Crippen LogP contribution in [-0.2, 0) is 0 Å². The first-order valence-corrected chi connectivity index (χ1v) is 8.09. The maximum Gasteiger partial charge on any atom is 0.188 e. The van der Waals surface area contributed by atoms with E-state index in [0.717, 1.165) is 29.4 Å². The van der Waals surface area contributed by atoms with E-state index in [9.17, 15) is 0 Å². The zero-order valence-electron chi connectivity index (χ0n) is 12.3. The second kappa shape index (κ2) is 6.14. The second-order valence-corrected chi connectivity index (χ2v) is 5.86. The highest BCUT2D eigenvalue weighted by molar-refractivity contribution is 7.22. The van der Waals surface area contributed by atoms with Crippen LogP contribution in [0.2, 0.25) is 0 Å². The lowest BCUT2D eigenvalue weighted by Crippen LogP contribution is -2.21. The molecule has 0 atom stereocenters. The summed E-state index contributed by atoms with van der Waals surface area (Å²) in [6.07, 6.45) is 0. The van der Waals surface area contributed by atoms with Crippen molar-refractivity contribution in [2.24, 2.45) is 0 Å². The molecule has 1 N–H and O–H groups in total. The van der Waals surface area contributed by atoms with Gasteiger partial charge in [-0.05, 0) is 50.2 Å². The number of nitrogens with one attached hydrogen (secondary N) is 1. The molecule has 0 saturated carbocycles. The summed E-state index contributed by atoms with van der Waals surface area (Å²) in [6, 6.07) is 16.7. The fourth-order valence-corrected chi connectivity index (χ4v) is 3.28. The average Bonchev–Trinajstić information content (AvgIpc) is 2.92. The lowest BCUT2D eigenvalue weighted by molar-refractivity contribution is 0.866. The van der Waals surface area contributed by atoms with Crippen LogP contribution in [0.5, 0.6) is 0 Å². The molecule has 3 aromatic rings. The van der Waals surface area contributed by atoms with Crippen molar-refractivity contribution in [2.45, 2.75) is 13.8 Å². The van der Waals surface area contributed by atoms with Gasteiger partial charge >= 0.3 is 0 Å². The Morgan fingerprint density at radius 3 is 2.38 bits per heavy atom. The highest BCUT2D eigenvalue weighted by atomic mass is 32.1. The molecule has 21 heavy (non-hydrogen) atoms. The molecule has 1 heterocycles. The lowest BCUT2D eigenvalue weighted by atomic mass is 10.2. The molecule has 2 aromatic carbocycles. The molecule has 0 aliphatic carbocycles. The summed E-state index contributed by atoms with van der Waals surface area (Å²) in [5, 5.41) is 4.32. The van der Waals surface area contributed by atoms with Crippen molar-refractivity contribution in [1.29, 1.82) is 0 Å². The molecule has 0 radical (unpaired) electrons. The quantitative estimate of drug-likeness (QED) is 0.727. The van der Waals surface area contributed by atoms with Gasteiger partial charge in [0.05, 0.1) is 10.2 Å². The van der Waals surface area contributed by atoms with Gasteiger partial charge in [-0.1, -0.05) is 23.5 Å². The minimum absolute atomic E-state index is 0.937. The van der Waals surface area contributed by atoms with Crippen LogP contribution in [0, 0.1) is 0 Å². The summed E-state index contributed by atoms with van der Waals surface area (Å²) in [6.45, 7) is 6.41. The molecule has 0 spiro atoms. The molecule has 0 bridgehead atoms. The van der Waals surface area contributed by atoms with E-state index in [1.165, 1.54) is 10.4 Å². The molecule has 1 aromatic heterocycles. The van der Waals surface area contributed by atoms with Gasteiger partial charge in [0, 0.05) is 24.5 Å². The Bertz CT molecular complexity index is 681. The molecule has 4 heteroatoms. The number of benzene rings is 2. The second-order valence-electron chi connectivity index (χ2n) is 4.83. The zero-order valence-corrected chi connectivity index (χ0v) is 13.2. The van der Waals surface area contributed by atoms with E-state index in [0.29, 0.717) is 0 Å². The number of nitrogens with zero attached hydrogens (tertiary/aromatic N) is 2. The third-order valence-corrected chi connectivity index (χ3v) is 4.49. The van der Waals surface area contributed by atoms with Gasteiger partial charge in [0.1, 0.15) is 0 Å². The average molecular weight is 297 g/mol. The van der Waals surface area contributed by atoms with E-state index in [1.807, 2.05) is 18.2 Å². The zero-order chi connectivity index (χ0) is 14.7. The molecule has 0 unspecified atom stereocenters. The molecule has 0 aliphatic heterocycles. The molecule has 0 aliphatic rings. The summed E-state index contributed by atoms with van der Waals surface area (Å²) in [7, 11) is 0. The Morgan fingerprint density at radius 2 is 1.71 bits per heavy atom. The number of anilines is 3. The topological polar surface area (TPSA) is 28.2 Å². The van der Waals surface area contributed by atoms with Crippen molar-refractivity contribution in [3.8, 4) is 0 Å². The van der Waals surface area contributed by atoms with Crippen LogP contribution in [-0.4, -0.2) is 18.1 Å². The first-order chi connectivity index (χ1) is 10.3. The van der Waals surface area contributed by atoms with Gasteiger partial charge in [-0.3, -0.25) is 0 Å². The van der Waals surface area contributed by atoms with E-state index in [-0.39, 0.29) is 0 Å². The largest absolute Gasteiger partial charge is 0.372 e. The predicted octanol–water partition coefficient (Wildman–Crippen LogP) is 4.89. The third-order valence-electron chi connectivity index (χ3n) is 3.54. The maximum absolute atomic E-state index is 4.59. The number of rotatable bonds is 5. The summed E-state index contributed by atoms with van der Waals surface area (Å²) in [4.78, 5) is 6.93. The van der Waals surface area contributed by atoms with E-state index >= 15 is 0 Å². The van der Waals surface area contributed by atoms with Crippen LogP contribution in [0.15, 0.2) is 48.5 Å². The number of para-hydroxylation sites is 1. The normalized spacial score (nSPS) is 10.8. The molecule has 0 amide bonds. The highest BCUT2D eigenvalue weighted by Gasteiger charge is 2.04. The summed E-state index contributed by atoms with van der Waals surface area (Å²) in [5.41, 5.74) is 3.38. The first kappa shape index (κ1) is 13.9. The number of aromatic nitrogens is 1. The van der Waals surface area contributed by atoms with Crippen molar-refractivity contribution in [3.05, 3.63) is 48.5 Å². The fourth-order valence-electron chi connectivity index (χ4n) is 2.39. The van der Waals surface area contributed by atoms with Gasteiger partial charge in [-0.25, -0.2) is 4.98 Å². The minimum Gasteiger partial charge on any atom is -0.372 e. The lowest BCUT2D eigenvalue weighted by Gasteiger charge is -2.21. The molecule has 3 rings (SSSR count). The number of hydrogen-bond acceptors (Lipinski definition) is 4. The molecular weight excluding hydrogens is 278 g/mol. The fraction of sp³-hybridized carbons (Fsp3) is 0.235. The maximum atomic E-state index is 4.59.